The first-order valence-corrected chi connectivity index (χ1v) is 7.27. The zero-order valence-electron chi connectivity index (χ0n) is 12.3. The van der Waals surface area contributed by atoms with E-state index >= 15 is 0 Å². The number of likely N-dealkylation sites (N-methyl/N-ethyl adjacent to an activating group) is 1. The van der Waals surface area contributed by atoms with Gasteiger partial charge in [0.25, 0.3) is 5.91 Å². The van der Waals surface area contributed by atoms with E-state index in [1.54, 1.807) is 17.3 Å². The molecule has 1 aromatic heterocycles. The van der Waals surface area contributed by atoms with Gasteiger partial charge >= 0.3 is 0 Å². The number of anilines is 1. The average molecular weight is 277 g/mol. The van der Waals surface area contributed by atoms with Crippen molar-refractivity contribution in [2.24, 2.45) is 0 Å². The first kappa shape index (κ1) is 14.8. The van der Waals surface area contributed by atoms with Crippen molar-refractivity contribution in [1.29, 1.82) is 0 Å². The van der Waals surface area contributed by atoms with E-state index in [1.807, 2.05) is 20.0 Å². The Kier molecular flexibility index (Phi) is 5.35. The van der Waals surface area contributed by atoms with Gasteiger partial charge in [-0.3, -0.25) is 9.78 Å². The summed E-state index contributed by atoms with van der Waals surface area (Å²) in [7, 11) is 1.82. The molecule has 0 aliphatic carbocycles. The van der Waals surface area contributed by atoms with Gasteiger partial charge < -0.3 is 15.0 Å². The van der Waals surface area contributed by atoms with E-state index < -0.39 is 0 Å². The molecule has 1 unspecified atom stereocenters. The number of amides is 1. The van der Waals surface area contributed by atoms with Crippen molar-refractivity contribution in [2.45, 2.75) is 32.3 Å². The molecule has 1 saturated heterocycles. The van der Waals surface area contributed by atoms with Gasteiger partial charge in [-0.25, -0.2) is 0 Å². The molecule has 5 nitrogen and oxygen atoms in total. The fourth-order valence-electron chi connectivity index (χ4n) is 2.45. The average Bonchev–Trinajstić information content (AvgIpc) is 2.48. The van der Waals surface area contributed by atoms with E-state index in [9.17, 15) is 4.79 Å². The fourth-order valence-corrected chi connectivity index (χ4v) is 2.45. The van der Waals surface area contributed by atoms with Crippen LogP contribution in [0.4, 0.5) is 5.69 Å². The van der Waals surface area contributed by atoms with Crippen molar-refractivity contribution in [3.05, 3.63) is 24.0 Å². The van der Waals surface area contributed by atoms with Gasteiger partial charge in [0.15, 0.2) is 0 Å². The molecule has 20 heavy (non-hydrogen) atoms. The number of nitrogens with zero attached hydrogens (tertiary/aromatic N) is 2. The molecular weight excluding hydrogens is 254 g/mol. The van der Waals surface area contributed by atoms with E-state index in [0.29, 0.717) is 12.1 Å². The van der Waals surface area contributed by atoms with Crippen molar-refractivity contribution in [1.82, 2.24) is 9.88 Å². The highest BCUT2D eigenvalue weighted by atomic mass is 16.5. The quantitative estimate of drug-likeness (QED) is 0.896. The zero-order chi connectivity index (χ0) is 14.4. The normalized spacial score (nSPS) is 18.6. The highest BCUT2D eigenvalue weighted by Gasteiger charge is 2.21. The summed E-state index contributed by atoms with van der Waals surface area (Å²) in [6.45, 7) is 4.23. The lowest BCUT2D eigenvalue weighted by atomic mass is 10.1. The Morgan fingerprint density at radius 2 is 2.40 bits per heavy atom. The van der Waals surface area contributed by atoms with E-state index in [0.717, 1.165) is 31.7 Å². The fraction of sp³-hybridized carbons (Fsp3) is 0.600. The number of carbonyl (C=O) groups excluding carboxylic acids is 1. The Bertz CT molecular complexity index is 444. The van der Waals surface area contributed by atoms with Crippen molar-refractivity contribution < 1.29 is 9.53 Å². The largest absolute Gasteiger partial charge is 0.385 e. The SMILES string of the molecule is CCNc1ccncc1C(=O)N(C)CC1CCCCO1. The first-order valence-electron chi connectivity index (χ1n) is 7.27. The van der Waals surface area contributed by atoms with Gasteiger partial charge in [0.1, 0.15) is 0 Å². The third kappa shape index (κ3) is 3.70. The van der Waals surface area contributed by atoms with Gasteiger partial charge in [0, 0.05) is 39.1 Å². The van der Waals surface area contributed by atoms with E-state index in [-0.39, 0.29) is 12.0 Å². The second-order valence-corrected chi connectivity index (χ2v) is 5.13. The minimum Gasteiger partial charge on any atom is -0.385 e. The molecule has 110 valence electrons. The summed E-state index contributed by atoms with van der Waals surface area (Å²) >= 11 is 0. The topological polar surface area (TPSA) is 54.5 Å². The molecule has 5 heteroatoms. The lowest BCUT2D eigenvalue weighted by Crippen LogP contribution is -2.37. The summed E-state index contributed by atoms with van der Waals surface area (Å²) in [6.07, 6.45) is 6.82. The molecule has 1 atom stereocenters. The molecule has 1 fully saturated rings. The molecule has 1 aliphatic rings. The molecule has 2 rings (SSSR count). The monoisotopic (exact) mass is 277 g/mol. The van der Waals surface area contributed by atoms with E-state index in [1.165, 1.54) is 6.42 Å². The maximum absolute atomic E-state index is 12.5. The van der Waals surface area contributed by atoms with Crippen molar-refractivity contribution >= 4 is 11.6 Å². The molecule has 0 aromatic carbocycles. The number of hydrogen-bond acceptors (Lipinski definition) is 4. The van der Waals surface area contributed by atoms with Crippen molar-refractivity contribution in [3.63, 3.8) is 0 Å². The van der Waals surface area contributed by atoms with Gasteiger partial charge in [-0.1, -0.05) is 0 Å². The zero-order valence-corrected chi connectivity index (χ0v) is 12.3. The Balaban J connectivity index is 2.02. The van der Waals surface area contributed by atoms with Crippen molar-refractivity contribution in [3.8, 4) is 0 Å². The summed E-state index contributed by atoms with van der Waals surface area (Å²) in [5.41, 5.74) is 1.46. The predicted octanol–water partition coefficient (Wildman–Crippen LogP) is 2.15. The third-order valence-corrected chi connectivity index (χ3v) is 3.52. The van der Waals surface area contributed by atoms with Crippen molar-refractivity contribution in [2.75, 3.05) is 32.1 Å². The van der Waals surface area contributed by atoms with Crippen LogP contribution in [-0.4, -0.2) is 48.6 Å². The molecular formula is C15H23N3O2. The summed E-state index contributed by atoms with van der Waals surface area (Å²) in [5.74, 6) is -0.0109. The van der Waals surface area contributed by atoms with Crippen LogP contribution in [0.5, 0.6) is 0 Å². The van der Waals surface area contributed by atoms with Crippen LogP contribution in [0, 0.1) is 0 Å². The Labute approximate surface area is 120 Å². The van der Waals surface area contributed by atoms with Crippen LogP contribution in [0.15, 0.2) is 18.5 Å². The second-order valence-electron chi connectivity index (χ2n) is 5.13. The molecule has 0 saturated carbocycles. The van der Waals surface area contributed by atoms with Crippen LogP contribution in [-0.2, 0) is 4.74 Å². The number of pyridine rings is 1. The highest BCUT2D eigenvalue weighted by Crippen LogP contribution is 2.18. The Hall–Kier alpha value is -1.62. The van der Waals surface area contributed by atoms with Crippen LogP contribution in [0.1, 0.15) is 36.5 Å². The number of hydrogen-bond donors (Lipinski definition) is 1. The van der Waals surface area contributed by atoms with Gasteiger partial charge in [-0.05, 0) is 32.3 Å². The minimum absolute atomic E-state index is 0.0109. The van der Waals surface area contributed by atoms with Gasteiger partial charge in [-0.2, -0.15) is 0 Å². The van der Waals surface area contributed by atoms with Gasteiger partial charge in [0.05, 0.1) is 17.4 Å². The Morgan fingerprint density at radius 1 is 1.55 bits per heavy atom. The predicted molar refractivity (Wildman–Crippen MR) is 79.0 cm³/mol. The molecule has 1 aromatic rings. The first-order chi connectivity index (χ1) is 9.72. The molecule has 1 amide bonds. The lowest BCUT2D eigenvalue weighted by Gasteiger charge is -2.27. The standard InChI is InChI=1S/C15H23N3O2/c1-3-17-14-7-8-16-10-13(14)15(19)18(2)11-12-6-4-5-9-20-12/h7-8,10,12H,3-6,9,11H2,1-2H3,(H,16,17). The summed E-state index contributed by atoms with van der Waals surface area (Å²) in [6, 6.07) is 1.84. The van der Waals surface area contributed by atoms with Crippen LogP contribution < -0.4 is 5.32 Å². The number of rotatable bonds is 5. The molecule has 0 spiro atoms. The van der Waals surface area contributed by atoms with Crippen LogP contribution in [0.2, 0.25) is 0 Å². The summed E-state index contributed by atoms with van der Waals surface area (Å²) in [4.78, 5) is 18.3. The number of ether oxygens (including phenoxy) is 1. The highest BCUT2D eigenvalue weighted by molar-refractivity contribution is 5.99. The third-order valence-electron chi connectivity index (χ3n) is 3.52. The Morgan fingerprint density at radius 3 is 3.10 bits per heavy atom. The minimum atomic E-state index is -0.0109. The number of aromatic nitrogens is 1. The molecule has 1 N–H and O–H groups in total. The maximum atomic E-state index is 12.5. The second kappa shape index (κ2) is 7.24. The van der Waals surface area contributed by atoms with Crippen LogP contribution >= 0.6 is 0 Å². The smallest absolute Gasteiger partial charge is 0.257 e. The maximum Gasteiger partial charge on any atom is 0.257 e. The van der Waals surface area contributed by atoms with Gasteiger partial charge in [-0.15, -0.1) is 0 Å². The molecule has 0 bridgehead atoms. The van der Waals surface area contributed by atoms with E-state index in [2.05, 4.69) is 10.3 Å². The number of carbonyl (C=O) groups is 1. The number of nitrogens with one attached hydrogen (secondary N) is 1. The summed E-state index contributed by atoms with van der Waals surface area (Å²) < 4.78 is 5.69. The summed E-state index contributed by atoms with van der Waals surface area (Å²) in [5, 5.41) is 3.20. The van der Waals surface area contributed by atoms with Crippen LogP contribution in [0.25, 0.3) is 0 Å². The van der Waals surface area contributed by atoms with Crippen LogP contribution in [0.3, 0.4) is 0 Å². The molecule has 1 aliphatic heterocycles. The van der Waals surface area contributed by atoms with E-state index in [4.69, 9.17) is 4.74 Å². The van der Waals surface area contributed by atoms with Gasteiger partial charge in [0.2, 0.25) is 0 Å². The molecule has 0 radical (unpaired) electrons. The lowest BCUT2D eigenvalue weighted by molar-refractivity contribution is -0.000179. The molecule has 2 heterocycles.